The number of hydrogen-bond acceptors (Lipinski definition) is 9. The van der Waals surface area contributed by atoms with Gasteiger partial charge in [0.05, 0.1) is 22.2 Å². The number of ether oxygens (including phenoxy) is 2. The van der Waals surface area contributed by atoms with Crippen molar-refractivity contribution < 1.29 is 23.9 Å². The topological polar surface area (TPSA) is 123 Å². The zero-order chi connectivity index (χ0) is 21.8. The number of nitrogens with one attached hydrogen (secondary N) is 1. The maximum Gasteiger partial charge on any atom is 0.347 e. The molecule has 1 amide bonds. The first kappa shape index (κ1) is 21.6. The molecule has 0 spiro atoms. The predicted octanol–water partition coefficient (Wildman–Crippen LogP) is 1.89. The molecular formula is C19H20BrN5O5. The molecule has 1 aliphatic rings. The molecule has 1 aromatic heterocycles. The molecule has 10 nitrogen and oxygen atoms in total. The number of benzene rings is 1. The summed E-state index contributed by atoms with van der Waals surface area (Å²) in [6, 6.07) is 3.60. The van der Waals surface area contributed by atoms with Crippen LogP contribution in [0.25, 0.3) is 11.0 Å². The number of esters is 2. The van der Waals surface area contributed by atoms with E-state index in [1.165, 1.54) is 25.7 Å². The van der Waals surface area contributed by atoms with Crippen molar-refractivity contribution in [1.29, 1.82) is 0 Å². The average molecular weight is 478 g/mol. The summed E-state index contributed by atoms with van der Waals surface area (Å²) in [5, 5.41) is 3.12. The third-order valence-electron chi connectivity index (χ3n) is 4.25. The van der Waals surface area contributed by atoms with Gasteiger partial charge < -0.3 is 14.8 Å². The van der Waals surface area contributed by atoms with Crippen molar-refractivity contribution in [2.75, 3.05) is 18.4 Å². The number of anilines is 1. The smallest absolute Gasteiger partial charge is 0.347 e. The van der Waals surface area contributed by atoms with Gasteiger partial charge in [-0.05, 0) is 41.9 Å². The van der Waals surface area contributed by atoms with Gasteiger partial charge in [-0.1, -0.05) is 0 Å². The lowest BCUT2D eigenvalue weighted by molar-refractivity contribution is -0.171. The largest absolute Gasteiger partial charge is 0.451 e. The third kappa shape index (κ3) is 4.73. The Labute approximate surface area is 180 Å². The number of carbonyl (C=O) groups excluding carboxylic acids is 3. The molecule has 2 atom stereocenters. The first-order chi connectivity index (χ1) is 14.3. The highest BCUT2D eigenvalue weighted by molar-refractivity contribution is 9.10. The Kier molecular flexibility index (Phi) is 6.60. The van der Waals surface area contributed by atoms with Gasteiger partial charge in [0.2, 0.25) is 5.96 Å². The van der Waals surface area contributed by atoms with Gasteiger partial charge in [0, 0.05) is 25.9 Å². The second-order valence-corrected chi connectivity index (χ2v) is 7.30. The Balaban J connectivity index is 1.69. The summed E-state index contributed by atoms with van der Waals surface area (Å²) >= 11 is 3.51. The molecule has 0 bridgehead atoms. The van der Waals surface area contributed by atoms with Crippen LogP contribution in [-0.4, -0.2) is 64.0 Å². The SMILES string of the molecule is CC(=O)OC(C)C(=O)OC(C)C(=O)N1CCN=C1Nc1ccc2nccnc2c1Br. The lowest BCUT2D eigenvalue weighted by atomic mass is 10.2. The molecule has 1 aliphatic heterocycles. The number of aromatic nitrogens is 2. The van der Waals surface area contributed by atoms with Crippen LogP contribution in [0.3, 0.4) is 0 Å². The fraction of sp³-hybridized carbons (Fsp3) is 0.368. The van der Waals surface area contributed by atoms with E-state index in [4.69, 9.17) is 9.47 Å². The summed E-state index contributed by atoms with van der Waals surface area (Å²) in [5.41, 5.74) is 2.05. The van der Waals surface area contributed by atoms with Crippen molar-refractivity contribution in [1.82, 2.24) is 14.9 Å². The van der Waals surface area contributed by atoms with Crippen LogP contribution in [0.4, 0.5) is 5.69 Å². The first-order valence-corrected chi connectivity index (χ1v) is 9.97. The van der Waals surface area contributed by atoms with Crippen LogP contribution in [0.2, 0.25) is 0 Å². The Morgan fingerprint density at radius 3 is 2.60 bits per heavy atom. The minimum atomic E-state index is -1.10. The van der Waals surface area contributed by atoms with Crippen LogP contribution in [0.1, 0.15) is 20.8 Å². The normalized spacial score (nSPS) is 15.3. The number of aliphatic imine (C=N–C) groups is 1. The van der Waals surface area contributed by atoms with E-state index in [1.807, 2.05) is 0 Å². The highest BCUT2D eigenvalue weighted by atomic mass is 79.9. The third-order valence-corrected chi connectivity index (χ3v) is 5.05. The number of hydrogen-bond donors (Lipinski definition) is 1. The van der Waals surface area contributed by atoms with Crippen LogP contribution in [-0.2, 0) is 23.9 Å². The molecule has 2 aromatic rings. The number of halogens is 1. The van der Waals surface area contributed by atoms with Gasteiger partial charge in [0.1, 0.15) is 5.52 Å². The minimum absolute atomic E-state index is 0.333. The molecule has 0 saturated carbocycles. The number of fused-ring (bicyclic) bond motifs is 1. The van der Waals surface area contributed by atoms with Crippen LogP contribution >= 0.6 is 15.9 Å². The molecule has 3 rings (SSSR count). The summed E-state index contributed by atoms with van der Waals surface area (Å²) < 4.78 is 10.6. The molecule has 158 valence electrons. The van der Waals surface area contributed by atoms with E-state index in [0.29, 0.717) is 34.7 Å². The molecule has 2 unspecified atom stereocenters. The second-order valence-electron chi connectivity index (χ2n) is 6.50. The molecule has 0 saturated heterocycles. The van der Waals surface area contributed by atoms with E-state index >= 15 is 0 Å². The number of amides is 1. The highest BCUT2D eigenvalue weighted by Crippen LogP contribution is 2.29. The lowest BCUT2D eigenvalue weighted by Crippen LogP contribution is -2.45. The van der Waals surface area contributed by atoms with Crippen molar-refractivity contribution in [2.24, 2.45) is 4.99 Å². The van der Waals surface area contributed by atoms with Gasteiger partial charge in [-0.15, -0.1) is 0 Å². The van der Waals surface area contributed by atoms with Crippen molar-refractivity contribution in [3.63, 3.8) is 0 Å². The van der Waals surface area contributed by atoms with Crippen molar-refractivity contribution >= 4 is 56.5 Å². The number of carbonyl (C=O) groups is 3. The zero-order valence-electron chi connectivity index (χ0n) is 16.6. The van der Waals surface area contributed by atoms with Gasteiger partial charge in [-0.2, -0.15) is 0 Å². The molecule has 30 heavy (non-hydrogen) atoms. The number of guanidine groups is 1. The first-order valence-electron chi connectivity index (χ1n) is 9.17. The number of nitrogens with zero attached hydrogens (tertiary/aromatic N) is 4. The molecule has 0 fully saturated rings. The Hall–Kier alpha value is -3.08. The van der Waals surface area contributed by atoms with Crippen LogP contribution in [0, 0.1) is 0 Å². The van der Waals surface area contributed by atoms with Gasteiger partial charge in [-0.25, -0.2) is 4.79 Å². The molecule has 2 heterocycles. The minimum Gasteiger partial charge on any atom is -0.451 e. The lowest BCUT2D eigenvalue weighted by Gasteiger charge is -2.24. The van der Waals surface area contributed by atoms with E-state index in [0.717, 1.165) is 5.52 Å². The monoisotopic (exact) mass is 477 g/mol. The van der Waals surface area contributed by atoms with E-state index in [2.05, 4.69) is 36.2 Å². The number of rotatable bonds is 5. The van der Waals surface area contributed by atoms with Gasteiger partial charge >= 0.3 is 11.9 Å². The van der Waals surface area contributed by atoms with Crippen molar-refractivity contribution in [2.45, 2.75) is 33.0 Å². The Bertz CT molecular complexity index is 1030. The van der Waals surface area contributed by atoms with Crippen LogP contribution in [0.5, 0.6) is 0 Å². The molecule has 1 N–H and O–H groups in total. The van der Waals surface area contributed by atoms with E-state index in [-0.39, 0.29) is 0 Å². The molecule has 1 aromatic carbocycles. The van der Waals surface area contributed by atoms with Gasteiger partial charge in [0.15, 0.2) is 12.2 Å². The maximum absolute atomic E-state index is 12.8. The Morgan fingerprint density at radius 1 is 1.13 bits per heavy atom. The molecule has 0 radical (unpaired) electrons. The van der Waals surface area contributed by atoms with E-state index in [1.54, 1.807) is 24.5 Å². The maximum atomic E-state index is 12.8. The fourth-order valence-corrected chi connectivity index (χ4v) is 3.36. The summed E-state index contributed by atoms with van der Waals surface area (Å²) in [5.74, 6) is -1.52. The average Bonchev–Trinajstić information content (AvgIpc) is 3.17. The molecular weight excluding hydrogens is 458 g/mol. The van der Waals surface area contributed by atoms with E-state index < -0.39 is 30.1 Å². The van der Waals surface area contributed by atoms with Crippen molar-refractivity contribution in [3.05, 3.63) is 29.0 Å². The summed E-state index contributed by atoms with van der Waals surface area (Å²) in [4.78, 5) is 50.1. The molecule has 11 heteroatoms. The van der Waals surface area contributed by atoms with Crippen LogP contribution < -0.4 is 5.32 Å². The summed E-state index contributed by atoms with van der Waals surface area (Å²) in [6.45, 7) is 4.77. The van der Waals surface area contributed by atoms with Gasteiger partial charge in [0.25, 0.3) is 5.91 Å². The summed E-state index contributed by atoms with van der Waals surface area (Å²) in [7, 11) is 0. The fourth-order valence-electron chi connectivity index (χ4n) is 2.83. The van der Waals surface area contributed by atoms with Crippen LogP contribution in [0.15, 0.2) is 34.0 Å². The highest BCUT2D eigenvalue weighted by Gasteiger charge is 2.31. The van der Waals surface area contributed by atoms with E-state index in [9.17, 15) is 14.4 Å². The van der Waals surface area contributed by atoms with Gasteiger partial charge in [-0.3, -0.25) is 29.4 Å². The molecule has 0 aliphatic carbocycles. The second kappa shape index (κ2) is 9.16. The standard InChI is InChI=1S/C19H20BrN5O5/c1-10(30-18(28)11(2)29-12(3)26)17(27)25-9-8-23-19(25)24-13-4-5-14-16(15(13)20)22-7-6-21-14/h4-7,10-11H,8-9H2,1-3H3,(H,23,24). The predicted molar refractivity (Wildman–Crippen MR) is 112 cm³/mol. The Morgan fingerprint density at radius 2 is 1.87 bits per heavy atom. The zero-order valence-corrected chi connectivity index (χ0v) is 18.2. The van der Waals surface area contributed by atoms with Crippen molar-refractivity contribution in [3.8, 4) is 0 Å². The quantitative estimate of drug-likeness (QED) is 0.647. The summed E-state index contributed by atoms with van der Waals surface area (Å²) in [6.07, 6.45) is 1.02.